The van der Waals surface area contributed by atoms with Crippen molar-refractivity contribution in [1.29, 1.82) is 0 Å². The number of hydrogen-bond acceptors (Lipinski definition) is 1. The van der Waals surface area contributed by atoms with Gasteiger partial charge in [-0.2, -0.15) is 0 Å². The van der Waals surface area contributed by atoms with Crippen LogP contribution in [0.1, 0.15) is 42.9 Å². The molecule has 4 aromatic carbocycles. The Morgan fingerprint density at radius 2 is 1.53 bits per heavy atom. The summed E-state index contributed by atoms with van der Waals surface area (Å²) in [6.45, 7) is 8.43. The van der Waals surface area contributed by atoms with Crippen LogP contribution in [0, 0.1) is 6.92 Å². The molecule has 0 spiro atoms. The summed E-state index contributed by atoms with van der Waals surface area (Å²) in [5, 5.41) is 2.70. The van der Waals surface area contributed by atoms with E-state index in [9.17, 15) is 0 Å². The molecule has 2 nitrogen and oxygen atoms in total. The Kier molecular flexibility index (Phi) is 4.09. The number of piperidine rings is 1. The Hall–Kier alpha value is -3.52. The maximum absolute atomic E-state index is 2.65. The molecular weight excluding hydrogens is 412 g/mol. The summed E-state index contributed by atoms with van der Waals surface area (Å²) >= 11 is 0. The van der Waals surface area contributed by atoms with E-state index in [0.717, 1.165) is 6.54 Å². The minimum absolute atomic E-state index is 0.154. The molecule has 1 fully saturated rings. The van der Waals surface area contributed by atoms with Gasteiger partial charge >= 0.3 is 0 Å². The third kappa shape index (κ3) is 2.51. The monoisotopic (exact) mass is 442 g/mol. The van der Waals surface area contributed by atoms with Crippen molar-refractivity contribution in [1.82, 2.24) is 4.57 Å². The van der Waals surface area contributed by atoms with E-state index in [1.807, 2.05) is 0 Å². The van der Waals surface area contributed by atoms with Crippen LogP contribution >= 0.6 is 0 Å². The van der Waals surface area contributed by atoms with Gasteiger partial charge in [0.2, 0.25) is 0 Å². The average molecular weight is 443 g/mol. The largest absolute Gasteiger partial charge is 0.368 e. The number of aromatic nitrogens is 1. The molecule has 1 saturated heterocycles. The van der Waals surface area contributed by atoms with Crippen LogP contribution in [0.15, 0.2) is 91.0 Å². The molecule has 8 rings (SSSR count). The van der Waals surface area contributed by atoms with Crippen LogP contribution < -0.4 is 4.90 Å². The lowest BCUT2D eigenvalue weighted by molar-refractivity contribution is 0.243. The van der Waals surface area contributed by atoms with Gasteiger partial charge in [-0.15, -0.1) is 0 Å². The molecule has 2 bridgehead atoms. The molecule has 0 N–H and O–H groups in total. The zero-order chi connectivity index (χ0) is 23.0. The number of aryl methyl sites for hydroxylation is 1. The van der Waals surface area contributed by atoms with Crippen LogP contribution in [0.3, 0.4) is 0 Å². The highest BCUT2D eigenvalue weighted by molar-refractivity contribution is 6.09. The highest BCUT2D eigenvalue weighted by atomic mass is 15.2. The smallest absolute Gasteiger partial charge is 0.0543 e. The fourth-order valence-corrected chi connectivity index (χ4v) is 7.20. The number of nitrogens with zero attached hydrogens (tertiary/aromatic N) is 2. The lowest BCUT2D eigenvalue weighted by atomic mass is 9.58. The second kappa shape index (κ2) is 6.99. The summed E-state index contributed by atoms with van der Waals surface area (Å²) in [5.74, 6) is 0.472. The van der Waals surface area contributed by atoms with Crippen molar-refractivity contribution in [3.05, 3.63) is 108 Å². The van der Waals surface area contributed by atoms with Gasteiger partial charge in [0.1, 0.15) is 0 Å². The van der Waals surface area contributed by atoms with Gasteiger partial charge in [0.05, 0.1) is 11.0 Å². The molecule has 1 aromatic heterocycles. The Morgan fingerprint density at radius 3 is 2.38 bits per heavy atom. The van der Waals surface area contributed by atoms with Crippen molar-refractivity contribution in [2.24, 2.45) is 0 Å². The normalized spacial score (nSPS) is 23.6. The van der Waals surface area contributed by atoms with Gasteiger partial charge in [0, 0.05) is 46.1 Å². The third-order valence-corrected chi connectivity index (χ3v) is 8.77. The molecule has 168 valence electrons. The number of anilines is 1. The number of benzene rings is 4. The lowest BCUT2D eigenvalue weighted by Crippen LogP contribution is -2.57. The van der Waals surface area contributed by atoms with Gasteiger partial charge in [-0.05, 0) is 73.4 Å². The molecule has 2 heteroatoms. The van der Waals surface area contributed by atoms with Gasteiger partial charge in [0.25, 0.3) is 0 Å². The van der Waals surface area contributed by atoms with Crippen molar-refractivity contribution in [2.45, 2.75) is 44.6 Å². The summed E-state index contributed by atoms with van der Waals surface area (Å²) in [4.78, 5) is 2.65. The number of hydrogen-bond donors (Lipinski definition) is 0. The standard InChI is InChI=1S/C32H30N2/c1-21-19-30-26(24-13-7-9-15-28(24)34(30)23-11-5-4-6-12-23)20-25(21)31-22(2)33-18-17-32(31,3)27-14-8-10-16-29(27)33/h4-16,19-20,22,31H,17-18H2,1-3H3/t22-,31?,32?/m1/s1. The Balaban J connectivity index is 1.50. The summed E-state index contributed by atoms with van der Waals surface area (Å²) in [7, 11) is 0. The van der Waals surface area contributed by atoms with Gasteiger partial charge in [0.15, 0.2) is 0 Å². The van der Waals surface area contributed by atoms with E-state index >= 15 is 0 Å². The van der Waals surface area contributed by atoms with Crippen molar-refractivity contribution < 1.29 is 0 Å². The topological polar surface area (TPSA) is 8.17 Å². The van der Waals surface area contributed by atoms with Crippen LogP contribution in [0.2, 0.25) is 0 Å². The quantitative estimate of drug-likeness (QED) is 0.271. The number of fused-ring (bicyclic) bond motifs is 5. The first-order chi connectivity index (χ1) is 16.6. The lowest BCUT2D eigenvalue weighted by Gasteiger charge is -2.58. The molecule has 34 heavy (non-hydrogen) atoms. The van der Waals surface area contributed by atoms with E-state index in [0.29, 0.717) is 12.0 Å². The summed E-state index contributed by atoms with van der Waals surface area (Å²) in [5.41, 5.74) is 9.83. The van der Waals surface area contributed by atoms with Crippen molar-refractivity contribution >= 4 is 27.5 Å². The van der Waals surface area contributed by atoms with Crippen LogP contribution in [0.5, 0.6) is 0 Å². The van der Waals surface area contributed by atoms with Crippen LogP contribution in [0.4, 0.5) is 5.69 Å². The Bertz CT molecular complexity index is 1560. The highest BCUT2D eigenvalue weighted by Gasteiger charge is 2.51. The van der Waals surface area contributed by atoms with Crippen molar-refractivity contribution in [3.8, 4) is 5.69 Å². The van der Waals surface area contributed by atoms with E-state index in [2.05, 4.69) is 121 Å². The van der Waals surface area contributed by atoms with E-state index in [-0.39, 0.29) is 5.41 Å². The molecule has 0 saturated carbocycles. The summed E-state index contributed by atoms with van der Waals surface area (Å²) in [6, 6.07) is 34.2. The first kappa shape index (κ1) is 19.9. The zero-order valence-electron chi connectivity index (χ0n) is 20.1. The second-order valence-corrected chi connectivity index (χ2v) is 10.5. The maximum Gasteiger partial charge on any atom is 0.0543 e. The van der Waals surface area contributed by atoms with E-state index in [1.165, 1.54) is 56.3 Å². The molecular formula is C32H30N2. The molecule has 3 aliphatic rings. The van der Waals surface area contributed by atoms with Crippen LogP contribution in [-0.4, -0.2) is 17.2 Å². The van der Waals surface area contributed by atoms with Gasteiger partial charge in [-0.3, -0.25) is 0 Å². The zero-order valence-corrected chi connectivity index (χ0v) is 20.1. The number of rotatable bonds is 2. The summed E-state index contributed by atoms with van der Waals surface area (Å²) < 4.78 is 2.43. The minimum Gasteiger partial charge on any atom is -0.368 e. The average Bonchev–Trinajstić information content (AvgIpc) is 3.18. The first-order valence-corrected chi connectivity index (χ1v) is 12.5. The van der Waals surface area contributed by atoms with E-state index in [1.54, 1.807) is 0 Å². The number of para-hydroxylation sites is 3. The highest BCUT2D eigenvalue weighted by Crippen LogP contribution is 2.57. The minimum atomic E-state index is 0.154. The van der Waals surface area contributed by atoms with Crippen molar-refractivity contribution in [2.75, 3.05) is 11.4 Å². The molecule has 0 radical (unpaired) electrons. The van der Waals surface area contributed by atoms with Crippen LogP contribution in [-0.2, 0) is 5.41 Å². The SMILES string of the molecule is Cc1cc2c(cc1C1[C@@H](C)N3CCC1(C)c1ccccc13)c1ccccc1n2-c1ccccc1. The van der Waals surface area contributed by atoms with Gasteiger partial charge in [-0.25, -0.2) is 0 Å². The maximum atomic E-state index is 2.65. The molecule has 3 atom stereocenters. The first-order valence-electron chi connectivity index (χ1n) is 12.5. The Morgan fingerprint density at radius 1 is 0.794 bits per heavy atom. The second-order valence-electron chi connectivity index (χ2n) is 10.5. The molecule has 2 unspecified atom stereocenters. The van der Waals surface area contributed by atoms with Crippen LogP contribution in [0.25, 0.3) is 27.5 Å². The molecule has 5 aromatic rings. The predicted octanol–water partition coefficient (Wildman–Crippen LogP) is 7.75. The van der Waals surface area contributed by atoms with E-state index in [4.69, 9.17) is 0 Å². The van der Waals surface area contributed by atoms with Gasteiger partial charge < -0.3 is 9.47 Å². The third-order valence-electron chi connectivity index (χ3n) is 8.77. The fraction of sp³-hybridized carbons (Fsp3) is 0.250. The van der Waals surface area contributed by atoms with Crippen molar-refractivity contribution in [3.63, 3.8) is 0 Å². The predicted molar refractivity (Wildman–Crippen MR) is 143 cm³/mol. The Labute approximate surface area is 201 Å². The van der Waals surface area contributed by atoms with Gasteiger partial charge in [-0.1, -0.05) is 61.5 Å². The van der Waals surface area contributed by atoms with E-state index < -0.39 is 0 Å². The summed E-state index contributed by atoms with van der Waals surface area (Å²) in [6.07, 6.45) is 1.21. The molecule has 4 heterocycles. The molecule has 0 aliphatic carbocycles. The molecule has 0 amide bonds. The molecule has 3 aliphatic heterocycles. The fourth-order valence-electron chi connectivity index (χ4n) is 7.20.